The van der Waals surface area contributed by atoms with E-state index in [1.54, 1.807) is 19.9 Å². The molecular formula is C31H40N2O12. The Bertz CT molecular complexity index is 1430. The highest BCUT2D eigenvalue weighted by atomic mass is 16.6. The fraction of sp³-hybridized carbons (Fsp3) is 0.613. The van der Waals surface area contributed by atoms with E-state index in [1.807, 2.05) is 13.1 Å². The van der Waals surface area contributed by atoms with E-state index < -0.39 is 65.3 Å². The number of esters is 2. The van der Waals surface area contributed by atoms with Crippen LogP contribution in [-0.2, 0) is 40.5 Å². The molecule has 2 aliphatic heterocycles. The number of carboxylic acid groups (broad SMARTS) is 1. The number of rotatable bonds is 11. The summed E-state index contributed by atoms with van der Waals surface area (Å²) >= 11 is 0. The maximum Gasteiger partial charge on any atom is 0.343 e. The molecule has 2 heterocycles. The zero-order chi connectivity index (χ0) is 33.0. The van der Waals surface area contributed by atoms with Crippen LogP contribution in [0.4, 0.5) is 0 Å². The van der Waals surface area contributed by atoms with Crippen LogP contribution in [0.25, 0.3) is 0 Å². The summed E-state index contributed by atoms with van der Waals surface area (Å²) in [5.41, 5.74) is -0.466. The van der Waals surface area contributed by atoms with Gasteiger partial charge in [-0.05, 0) is 63.4 Å². The van der Waals surface area contributed by atoms with E-state index in [0.29, 0.717) is 30.9 Å². The number of benzene rings is 1. The average molecular weight is 633 g/mol. The minimum Gasteiger partial charge on any atom is -0.493 e. The molecule has 8 atom stereocenters. The van der Waals surface area contributed by atoms with Crippen molar-refractivity contribution >= 4 is 23.8 Å². The maximum absolute atomic E-state index is 13.1. The van der Waals surface area contributed by atoms with Crippen molar-refractivity contribution in [3.8, 4) is 11.5 Å². The van der Waals surface area contributed by atoms with Gasteiger partial charge in [-0.1, -0.05) is 19.9 Å². The second kappa shape index (κ2) is 11.9. The smallest absolute Gasteiger partial charge is 0.343 e. The summed E-state index contributed by atoms with van der Waals surface area (Å²) in [4.78, 5) is 51.7. The van der Waals surface area contributed by atoms with Gasteiger partial charge in [-0.25, -0.2) is 14.4 Å². The number of methoxy groups -OCH3 is 1. The lowest BCUT2D eigenvalue weighted by Crippen LogP contribution is -2.74. The van der Waals surface area contributed by atoms with Crippen LogP contribution in [0.3, 0.4) is 0 Å². The molecule has 45 heavy (non-hydrogen) atoms. The molecule has 1 aromatic rings. The number of hydrogen-bond acceptors (Lipinski definition) is 12. The minimum atomic E-state index is -2.42. The van der Waals surface area contributed by atoms with E-state index in [2.05, 4.69) is 10.2 Å². The topological polar surface area (TPSA) is 201 Å². The van der Waals surface area contributed by atoms with Crippen molar-refractivity contribution in [3.63, 3.8) is 0 Å². The first-order valence-corrected chi connectivity index (χ1v) is 15.0. The summed E-state index contributed by atoms with van der Waals surface area (Å²) in [6.07, 6.45) is -4.50. The number of ether oxygens (including phenoxy) is 4. The fourth-order valence-electron chi connectivity index (χ4n) is 7.30. The third-order valence-electron chi connectivity index (χ3n) is 9.54. The summed E-state index contributed by atoms with van der Waals surface area (Å²) in [7, 11) is 3.45. The highest BCUT2D eigenvalue weighted by molar-refractivity contribution is 5.90. The second-order valence-corrected chi connectivity index (χ2v) is 12.7. The Morgan fingerprint density at radius 1 is 1.13 bits per heavy atom. The van der Waals surface area contributed by atoms with Crippen LogP contribution in [-0.4, -0.2) is 112 Å². The van der Waals surface area contributed by atoms with Crippen LogP contribution >= 0.6 is 0 Å². The number of aliphatic hydroxyl groups excluding tert-OH is 2. The van der Waals surface area contributed by atoms with Crippen LogP contribution < -0.4 is 14.8 Å². The first-order valence-electron chi connectivity index (χ1n) is 15.0. The van der Waals surface area contributed by atoms with E-state index in [9.17, 15) is 39.6 Å². The number of carbonyl (C=O) groups excluding carboxylic acids is 3. The van der Waals surface area contributed by atoms with Crippen LogP contribution in [0.2, 0.25) is 0 Å². The monoisotopic (exact) mass is 632 g/mol. The Balaban J connectivity index is 1.30. The van der Waals surface area contributed by atoms with Gasteiger partial charge in [0.1, 0.15) is 11.8 Å². The number of nitrogens with one attached hydrogen (secondary N) is 1. The number of carbonyl (C=O) groups is 4. The molecule has 5 N–H and O–H groups in total. The van der Waals surface area contributed by atoms with Crippen molar-refractivity contribution in [1.29, 1.82) is 0 Å². The maximum atomic E-state index is 13.1. The minimum absolute atomic E-state index is 0.0105. The van der Waals surface area contributed by atoms with Crippen molar-refractivity contribution < 1.29 is 58.6 Å². The van der Waals surface area contributed by atoms with Crippen molar-refractivity contribution in [2.24, 2.45) is 5.92 Å². The number of likely N-dealkylation sites (N-methyl/N-ethyl adjacent to an activating group) is 1. The van der Waals surface area contributed by atoms with Gasteiger partial charge in [0.2, 0.25) is 0 Å². The number of carboxylic acids is 1. The molecule has 0 saturated carbocycles. The Morgan fingerprint density at radius 2 is 1.82 bits per heavy atom. The highest BCUT2D eigenvalue weighted by Crippen LogP contribution is 2.65. The molecule has 2 aliphatic carbocycles. The Morgan fingerprint density at radius 3 is 2.47 bits per heavy atom. The molecular weight excluding hydrogens is 592 g/mol. The Labute approximate surface area is 259 Å². The van der Waals surface area contributed by atoms with Crippen LogP contribution in [0.5, 0.6) is 11.5 Å². The summed E-state index contributed by atoms with van der Waals surface area (Å²) in [5, 5.41) is 44.9. The number of piperidine rings is 1. The van der Waals surface area contributed by atoms with Gasteiger partial charge < -0.3 is 49.6 Å². The normalized spacial score (nSPS) is 28.9. The highest BCUT2D eigenvalue weighted by Gasteiger charge is 2.72. The molecule has 0 aromatic heterocycles. The van der Waals surface area contributed by atoms with Crippen molar-refractivity contribution in [1.82, 2.24) is 10.2 Å². The number of hydrogen-bond donors (Lipinski definition) is 5. The van der Waals surface area contributed by atoms with Gasteiger partial charge in [-0.3, -0.25) is 4.79 Å². The predicted octanol–water partition coefficient (Wildman–Crippen LogP) is -0.215. The van der Waals surface area contributed by atoms with E-state index in [4.69, 9.17) is 18.9 Å². The first-order chi connectivity index (χ1) is 21.2. The average Bonchev–Trinajstić information content (AvgIpc) is 3.34. The van der Waals surface area contributed by atoms with Gasteiger partial charge in [-0.2, -0.15) is 0 Å². The number of amides is 1. The largest absolute Gasteiger partial charge is 0.493 e. The lowest BCUT2D eigenvalue weighted by Gasteiger charge is -2.61. The molecule has 14 nitrogen and oxygen atoms in total. The second-order valence-electron chi connectivity index (χ2n) is 12.7. The van der Waals surface area contributed by atoms with Gasteiger partial charge in [-0.15, -0.1) is 0 Å². The zero-order valence-corrected chi connectivity index (χ0v) is 25.8. The van der Waals surface area contributed by atoms with Gasteiger partial charge in [0.25, 0.3) is 5.91 Å². The van der Waals surface area contributed by atoms with Gasteiger partial charge in [0.05, 0.1) is 18.1 Å². The summed E-state index contributed by atoms with van der Waals surface area (Å²) in [6.45, 7) is 5.34. The molecule has 1 spiro atoms. The zero-order valence-electron chi connectivity index (χ0n) is 25.8. The number of nitrogens with zero attached hydrogens (tertiary/aromatic N) is 1. The molecule has 2 bridgehead atoms. The molecule has 14 heteroatoms. The van der Waals surface area contributed by atoms with Crippen molar-refractivity contribution in [3.05, 3.63) is 35.1 Å². The van der Waals surface area contributed by atoms with Gasteiger partial charge in [0, 0.05) is 18.0 Å². The Kier molecular flexibility index (Phi) is 8.64. The number of likely N-dealkylation sites (tertiary alicyclic amines) is 1. The molecule has 1 amide bonds. The molecule has 1 fully saturated rings. The molecule has 0 unspecified atom stereocenters. The third kappa shape index (κ3) is 5.23. The standard InChI is InChI=1S/C31H40N2O12/c1-14(2)12-17(27(37)38)32-26(36)15(3)43-28(39)22(34)23(35)29(40)44-19-8-9-31(41)20-13-16-6-7-18(42-5)24-21(16)30(31,25(19)45-24)10-11-33(20)4/h6-8,14-15,17,20,22-23,25,34-35,41H,9-13H2,1-5H3,(H,32,36)(H,37,38)/t15-,17-,20+,22+,23+,25-,30-,31+/m0/s1. The molecule has 246 valence electrons. The van der Waals surface area contributed by atoms with Crippen molar-refractivity contribution in [2.45, 2.75) is 94.0 Å². The molecule has 1 aromatic carbocycles. The van der Waals surface area contributed by atoms with E-state index in [-0.39, 0.29) is 30.6 Å². The summed E-state index contributed by atoms with van der Waals surface area (Å²) < 4.78 is 22.4. The van der Waals surface area contributed by atoms with Crippen LogP contribution in [0, 0.1) is 5.92 Å². The molecule has 0 radical (unpaired) electrons. The van der Waals surface area contributed by atoms with Gasteiger partial charge in [0.15, 0.2) is 35.9 Å². The van der Waals surface area contributed by atoms with E-state index >= 15 is 0 Å². The Hall–Kier alpha value is -3.72. The number of aliphatic carboxylic acids is 1. The SMILES string of the molecule is COc1ccc2c3c1O[C@H]1C(OC(=O)[C@H](O)[C@@H](O)C(=O)O[C@@H](C)C(=O)N[C@@H](CC(C)C)C(=O)O)=CC[C@@]4(O)[C@@H](C2)N(C)CC[C@]314. The molecule has 1 saturated heterocycles. The van der Waals surface area contributed by atoms with Crippen LogP contribution in [0.1, 0.15) is 51.2 Å². The van der Waals surface area contributed by atoms with Crippen LogP contribution in [0.15, 0.2) is 24.0 Å². The fourth-order valence-corrected chi connectivity index (χ4v) is 7.30. The van der Waals surface area contributed by atoms with E-state index in [1.165, 1.54) is 13.2 Å². The summed E-state index contributed by atoms with van der Waals surface area (Å²) in [5.74, 6) is -4.21. The first kappa shape index (κ1) is 32.7. The van der Waals surface area contributed by atoms with E-state index in [0.717, 1.165) is 18.1 Å². The third-order valence-corrected chi connectivity index (χ3v) is 9.54. The van der Waals surface area contributed by atoms with Gasteiger partial charge >= 0.3 is 17.9 Å². The predicted molar refractivity (Wildman–Crippen MR) is 154 cm³/mol. The molecule has 5 rings (SSSR count). The number of aliphatic hydroxyl groups is 3. The van der Waals surface area contributed by atoms with Crippen molar-refractivity contribution in [2.75, 3.05) is 20.7 Å². The summed E-state index contributed by atoms with van der Waals surface area (Å²) in [6, 6.07) is 2.26. The molecule has 4 aliphatic rings. The lowest BCUT2D eigenvalue weighted by molar-refractivity contribution is -0.181. The quantitative estimate of drug-likeness (QED) is 0.201. The lowest BCUT2D eigenvalue weighted by atomic mass is 9.50.